The fraction of sp³-hybridized carbons (Fsp3) is 0.0303. The van der Waals surface area contributed by atoms with Crippen molar-refractivity contribution in [1.82, 2.24) is 9.80 Å². The topological polar surface area (TPSA) is 35.9 Å². The Morgan fingerprint density at radius 3 is 2.05 bits per heavy atom. The third-order valence-corrected chi connectivity index (χ3v) is 8.10. The van der Waals surface area contributed by atoms with Crippen molar-refractivity contribution in [3.8, 4) is 11.1 Å². The lowest BCUT2D eigenvalue weighted by Crippen LogP contribution is -2.28. The molecule has 0 fully saturated rings. The van der Waals surface area contributed by atoms with E-state index in [4.69, 9.17) is 34.8 Å². The summed E-state index contributed by atoms with van der Waals surface area (Å²) >= 11 is 20.5. The minimum atomic E-state index is 0.436. The smallest absolute Gasteiger partial charge is 0.153 e. The molecule has 0 saturated heterocycles. The van der Waals surface area contributed by atoms with E-state index in [-0.39, 0.29) is 0 Å². The highest BCUT2D eigenvalue weighted by molar-refractivity contribution is 6.38. The van der Waals surface area contributed by atoms with Gasteiger partial charge in [-0.15, -0.1) is 0 Å². The number of benzene rings is 2. The van der Waals surface area contributed by atoms with Gasteiger partial charge in [0.1, 0.15) is 11.0 Å². The first-order chi connectivity index (χ1) is 19.2. The summed E-state index contributed by atoms with van der Waals surface area (Å²) in [4.78, 5) is 19.3. The Labute approximate surface area is 248 Å². The van der Waals surface area contributed by atoms with Crippen LogP contribution in [0.4, 0.5) is 0 Å². The third kappa shape index (κ3) is 4.86. The highest BCUT2D eigenvalue weighted by Gasteiger charge is 2.23. The van der Waals surface area contributed by atoms with E-state index in [0.29, 0.717) is 38.0 Å². The molecule has 2 aromatic carbocycles. The fourth-order valence-corrected chi connectivity index (χ4v) is 5.45. The predicted molar refractivity (Wildman–Crippen MR) is 168 cm³/mol. The molecular formula is C33H24Cl3N3O. The van der Waals surface area contributed by atoms with Gasteiger partial charge >= 0.3 is 0 Å². The van der Waals surface area contributed by atoms with Gasteiger partial charge in [-0.3, -0.25) is 4.79 Å². The number of hydrogen-bond donors (Lipinski definition) is 0. The molecule has 5 rings (SSSR count). The van der Waals surface area contributed by atoms with Gasteiger partial charge in [0.15, 0.2) is 6.29 Å². The van der Waals surface area contributed by atoms with Crippen molar-refractivity contribution in [1.29, 1.82) is 0 Å². The van der Waals surface area contributed by atoms with E-state index in [2.05, 4.69) is 24.7 Å². The SMILES string of the molecule is C=C/C(C)=C(\Cl)N1C=CC(c2cccc(-c3cccc(C4=CC5=NC=C(C=O)C(=C)N5C=C4)c3Cl)c2Cl)=CC1=C. The zero-order valence-corrected chi connectivity index (χ0v) is 23.9. The van der Waals surface area contributed by atoms with E-state index < -0.39 is 0 Å². The number of carbonyl (C=O) groups excluding carboxylic acids is 1. The van der Waals surface area contributed by atoms with Gasteiger partial charge in [0, 0.05) is 46.6 Å². The lowest BCUT2D eigenvalue weighted by molar-refractivity contribution is -0.104. The first kappa shape index (κ1) is 27.5. The molecule has 0 saturated carbocycles. The van der Waals surface area contributed by atoms with Crippen LogP contribution in [0.15, 0.2) is 138 Å². The summed E-state index contributed by atoms with van der Waals surface area (Å²) in [6, 6.07) is 11.7. The Bertz CT molecular complexity index is 1720. The molecule has 0 N–H and O–H groups in total. The summed E-state index contributed by atoms with van der Waals surface area (Å²) in [7, 11) is 0. The van der Waals surface area contributed by atoms with Crippen LogP contribution in [0.2, 0.25) is 10.0 Å². The van der Waals surface area contributed by atoms with Gasteiger partial charge in [-0.25, -0.2) is 4.99 Å². The summed E-state index contributed by atoms with van der Waals surface area (Å²) < 4.78 is 0. The lowest BCUT2D eigenvalue weighted by atomic mass is 9.94. The van der Waals surface area contributed by atoms with Crippen LogP contribution >= 0.6 is 34.8 Å². The molecule has 0 spiro atoms. The van der Waals surface area contributed by atoms with Crippen molar-refractivity contribution in [2.24, 2.45) is 4.99 Å². The van der Waals surface area contributed by atoms with Crippen LogP contribution in [-0.2, 0) is 4.79 Å². The number of amidine groups is 1. The number of carbonyl (C=O) groups is 1. The van der Waals surface area contributed by atoms with E-state index in [9.17, 15) is 4.79 Å². The fourth-order valence-electron chi connectivity index (χ4n) is 4.54. The zero-order chi connectivity index (χ0) is 28.6. The monoisotopic (exact) mass is 583 g/mol. The minimum Gasteiger partial charge on any atom is -0.308 e. The van der Waals surface area contributed by atoms with Crippen LogP contribution in [0, 0.1) is 0 Å². The van der Waals surface area contributed by atoms with Gasteiger partial charge in [-0.05, 0) is 47.9 Å². The van der Waals surface area contributed by atoms with Gasteiger partial charge in [0.2, 0.25) is 0 Å². The highest BCUT2D eigenvalue weighted by Crippen LogP contribution is 2.42. The molecule has 0 aromatic heterocycles. The minimum absolute atomic E-state index is 0.436. The maximum absolute atomic E-state index is 11.3. The van der Waals surface area contributed by atoms with Crippen LogP contribution in [-0.4, -0.2) is 21.9 Å². The highest BCUT2D eigenvalue weighted by atomic mass is 35.5. The molecule has 3 aliphatic rings. The molecule has 0 aliphatic carbocycles. The van der Waals surface area contributed by atoms with E-state index in [1.54, 1.807) is 15.9 Å². The average molecular weight is 585 g/mol. The van der Waals surface area contributed by atoms with Crippen molar-refractivity contribution in [2.75, 3.05) is 0 Å². The zero-order valence-electron chi connectivity index (χ0n) is 21.7. The number of hydrogen-bond acceptors (Lipinski definition) is 4. The molecule has 0 atom stereocenters. The van der Waals surface area contributed by atoms with Crippen LogP contribution in [0.3, 0.4) is 0 Å². The van der Waals surface area contributed by atoms with E-state index >= 15 is 0 Å². The molecule has 0 radical (unpaired) electrons. The molecule has 3 heterocycles. The molecule has 198 valence electrons. The standard InChI is InChI=1S/C33H24Cl3N3O/c1-5-20(2)33(36)38-14-12-23(16-21(38)3)26-8-6-10-28(31(26)34)29-11-7-9-27(32(29)35)24-13-15-39-22(4)25(19-40)18-37-30(39)17-24/h5-19H,1,3-4H2,2H3/b33-20+. The molecule has 40 heavy (non-hydrogen) atoms. The molecule has 0 bridgehead atoms. The Kier molecular flexibility index (Phi) is 7.68. The summed E-state index contributed by atoms with van der Waals surface area (Å²) in [6.45, 7) is 13.8. The summed E-state index contributed by atoms with van der Waals surface area (Å²) in [5, 5.41) is 1.67. The van der Waals surface area contributed by atoms with E-state index in [0.717, 1.165) is 45.3 Å². The van der Waals surface area contributed by atoms with Gasteiger partial charge in [-0.1, -0.05) is 97.0 Å². The van der Waals surface area contributed by atoms with Gasteiger partial charge in [-0.2, -0.15) is 0 Å². The number of aliphatic imine (C=N–C) groups is 1. The number of aldehydes is 1. The van der Waals surface area contributed by atoms with Gasteiger partial charge < -0.3 is 9.80 Å². The number of rotatable bonds is 6. The predicted octanol–water partition coefficient (Wildman–Crippen LogP) is 9.26. The molecule has 2 aromatic rings. The maximum atomic E-state index is 11.3. The lowest BCUT2D eigenvalue weighted by Gasteiger charge is -2.28. The van der Waals surface area contributed by atoms with Crippen molar-refractivity contribution in [2.45, 2.75) is 6.92 Å². The first-order valence-corrected chi connectivity index (χ1v) is 13.4. The Balaban J connectivity index is 1.51. The Morgan fingerprint density at radius 2 is 1.48 bits per heavy atom. The van der Waals surface area contributed by atoms with E-state index in [1.165, 1.54) is 6.20 Å². The van der Waals surface area contributed by atoms with Crippen molar-refractivity contribution in [3.63, 3.8) is 0 Å². The van der Waals surface area contributed by atoms with Crippen LogP contribution in [0.25, 0.3) is 22.3 Å². The molecular weight excluding hydrogens is 561 g/mol. The molecule has 0 amide bonds. The second-order valence-corrected chi connectivity index (χ2v) is 10.3. The number of fused-ring (bicyclic) bond motifs is 1. The summed E-state index contributed by atoms with van der Waals surface area (Å²) in [5.41, 5.74) is 7.61. The maximum Gasteiger partial charge on any atom is 0.153 e. The van der Waals surface area contributed by atoms with Crippen molar-refractivity contribution in [3.05, 3.63) is 154 Å². The van der Waals surface area contributed by atoms with Crippen LogP contribution in [0.1, 0.15) is 18.1 Å². The number of nitrogens with zero attached hydrogens (tertiary/aromatic N) is 3. The summed E-state index contributed by atoms with van der Waals surface area (Å²) in [5.74, 6) is 0.651. The first-order valence-electron chi connectivity index (χ1n) is 12.3. The number of allylic oxidation sites excluding steroid dienone is 8. The quantitative estimate of drug-likeness (QED) is 0.193. The summed E-state index contributed by atoms with van der Waals surface area (Å²) in [6.07, 6.45) is 15.4. The molecule has 4 nitrogen and oxygen atoms in total. The largest absolute Gasteiger partial charge is 0.308 e. The normalized spacial score (nSPS) is 17.0. The van der Waals surface area contributed by atoms with Crippen LogP contribution < -0.4 is 0 Å². The van der Waals surface area contributed by atoms with E-state index in [1.807, 2.05) is 80.0 Å². The van der Waals surface area contributed by atoms with Gasteiger partial charge in [0.05, 0.1) is 21.3 Å². The second-order valence-electron chi connectivity index (χ2n) is 9.21. The van der Waals surface area contributed by atoms with Crippen molar-refractivity contribution >= 4 is 58.1 Å². The average Bonchev–Trinajstić information content (AvgIpc) is 2.97. The Hall–Kier alpha value is -4.09. The van der Waals surface area contributed by atoms with Gasteiger partial charge in [0.25, 0.3) is 0 Å². The Morgan fingerprint density at radius 1 is 0.900 bits per heavy atom. The van der Waals surface area contributed by atoms with Crippen molar-refractivity contribution < 1.29 is 4.79 Å². The molecule has 7 heteroatoms. The molecule has 0 unspecified atom stereocenters. The third-order valence-electron chi connectivity index (χ3n) is 6.81. The number of halogens is 3. The second kappa shape index (κ2) is 11.2. The molecule has 3 aliphatic heterocycles. The van der Waals surface area contributed by atoms with Crippen LogP contribution in [0.5, 0.6) is 0 Å².